The summed E-state index contributed by atoms with van der Waals surface area (Å²) in [6, 6.07) is 9.26. The minimum Gasteiger partial charge on any atom is -0.352 e. The lowest BCUT2D eigenvalue weighted by Crippen LogP contribution is -2.31. The summed E-state index contributed by atoms with van der Waals surface area (Å²) in [4.78, 5) is 28.4. The molecule has 0 saturated carbocycles. The second-order valence-corrected chi connectivity index (χ2v) is 5.24. The Hall–Kier alpha value is -3.46. The van der Waals surface area contributed by atoms with Gasteiger partial charge in [-0.25, -0.2) is 9.37 Å². The van der Waals surface area contributed by atoms with Crippen LogP contribution in [0.25, 0.3) is 5.65 Å². The maximum atomic E-state index is 13.2. The SMILES string of the molecule is CCNC(=O)c1cnc2cc(C#Cc3cccc(F)c3)ccn2c1=O. The van der Waals surface area contributed by atoms with Crippen LogP contribution in [0.3, 0.4) is 0 Å². The Morgan fingerprint density at radius 3 is 2.72 bits per heavy atom. The molecule has 2 heterocycles. The van der Waals surface area contributed by atoms with Gasteiger partial charge in [-0.2, -0.15) is 0 Å². The van der Waals surface area contributed by atoms with Crippen molar-refractivity contribution in [3.63, 3.8) is 0 Å². The van der Waals surface area contributed by atoms with Gasteiger partial charge >= 0.3 is 0 Å². The normalized spacial score (nSPS) is 10.2. The fraction of sp³-hybridized carbons (Fsp3) is 0.105. The lowest BCUT2D eigenvalue weighted by molar-refractivity contribution is 0.0954. The van der Waals surface area contributed by atoms with Crippen molar-refractivity contribution in [3.05, 3.63) is 81.7 Å². The van der Waals surface area contributed by atoms with E-state index in [1.165, 1.54) is 28.9 Å². The minimum atomic E-state index is -0.454. The van der Waals surface area contributed by atoms with Crippen molar-refractivity contribution < 1.29 is 9.18 Å². The van der Waals surface area contributed by atoms with E-state index in [2.05, 4.69) is 22.1 Å². The first-order chi connectivity index (χ1) is 12.1. The third-order valence-electron chi connectivity index (χ3n) is 3.47. The Morgan fingerprint density at radius 2 is 2.00 bits per heavy atom. The minimum absolute atomic E-state index is 0.0158. The van der Waals surface area contributed by atoms with Gasteiger partial charge in [-0.1, -0.05) is 17.9 Å². The number of carbonyl (C=O) groups is 1. The number of fused-ring (bicyclic) bond motifs is 1. The van der Waals surface area contributed by atoms with Crippen molar-refractivity contribution in [1.29, 1.82) is 0 Å². The van der Waals surface area contributed by atoms with Crippen LogP contribution in [0, 0.1) is 17.7 Å². The van der Waals surface area contributed by atoms with E-state index >= 15 is 0 Å². The van der Waals surface area contributed by atoms with Crippen LogP contribution in [0.15, 0.2) is 53.6 Å². The quantitative estimate of drug-likeness (QED) is 0.729. The molecular weight excluding hydrogens is 321 g/mol. The summed E-state index contributed by atoms with van der Waals surface area (Å²) in [7, 11) is 0. The number of pyridine rings is 1. The Kier molecular flexibility index (Phi) is 4.57. The van der Waals surface area contributed by atoms with Gasteiger partial charge in [-0.15, -0.1) is 0 Å². The second-order valence-electron chi connectivity index (χ2n) is 5.24. The average molecular weight is 335 g/mol. The number of carbonyl (C=O) groups excluding carboxylic acids is 1. The fourth-order valence-electron chi connectivity index (χ4n) is 2.27. The Labute approximate surface area is 143 Å². The van der Waals surface area contributed by atoms with Gasteiger partial charge in [0.15, 0.2) is 0 Å². The van der Waals surface area contributed by atoms with Gasteiger partial charge < -0.3 is 5.32 Å². The van der Waals surface area contributed by atoms with Crippen molar-refractivity contribution in [3.8, 4) is 11.8 Å². The van der Waals surface area contributed by atoms with Crippen LogP contribution in [0.5, 0.6) is 0 Å². The van der Waals surface area contributed by atoms with E-state index in [1.807, 2.05) is 0 Å². The summed E-state index contributed by atoms with van der Waals surface area (Å²) in [5.74, 6) is 4.96. The summed E-state index contributed by atoms with van der Waals surface area (Å²) < 4.78 is 14.4. The largest absolute Gasteiger partial charge is 0.352 e. The monoisotopic (exact) mass is 335 g/mol. The van der Waals surface area contributed by atoms with Crippen LogP contribution in [0.4, 0.5) is 4.39 Å². The van der Waals surface area contributed by atoms with Crippen LogP contribution in [-0.4, -0.2) is 21.8 Å². The van der Waals surface area contributed by atoms with Crippen LogP contribution in [0.1, 0.15) is 28.4 Å². The van der Waals surface area contributed by atoms with Gasteiger partial charge in [0.25, 0.3) is 11.5 Å². The molecule has 0 atom stereocenters. The van der Waals surface area contributed by atoms with Crippen molar-refractivity contribution in [2.45, 2.75) is 6.92 Å². The molecule has 0 aliphatic carbocycles. The molecule has 0 unspecified atom stereocenters. The molecule has 6 heteroatoms. The number of amides is 1. The third-order valence-corrected chi connectivity index (χ3v) is 3.47. The molecule has 25 heavy (non-hydrogen) atoms. The Balaban J connectivity index is 1.98. The molecule has 0 spiro atoms. The van der Waals surface area contributed by atoms with Gasteiger partial charge in [0.05, 0.1) is 0 Å². The lowest BCUT2D eigenvalue weighted by Gasteiger charge is -2.04. The fourth-order valence-corrected chi connectivity index (χ4v) is 2.27. The molecule has 2 aromatic heterocycles. The Bertz CT molecular complexity index is 1080. The highest BCUT2D eigenvalue weighted by Gasteiger charge is 2.12. The van der Waals surface area contributed by atoms with Gasteiger partial charge in [0.1, 0.15) is 17.0 Å². The number of benzene rings is 1. The number of rotatable bonds is 2. The highest BCUT2D eigenvalue weighted by molar-refractivity contribution is 5.93. The third kappa shape index (κ3) is 3.56. The van der Waals surface area contributed by atoms with Gasteiger partial charge in [-0.3, -0.25) is 14.0 Å². The predicted octanol–water partition coefficient (Wildman–Crippen LogP) is 1.98. The Morgan fingerprint density at radius 1 is 1.24 bits per heavy atom. The molecule has 0 radical (unpaired) electrons. The zero-order valence-corrected chi connectivity index (χ0v) is 13.4. The first-order valence-corrected chi connectivity index (χ1v) is 7.65. The van der Waals surface area contributed by atoms with Gasteiger partial charge in [-0.05, 0) is 37.3 Å². The molecule has 0 aliphatic rings. The van der Waals surface area contributed by atoms with E-state index in [0.717, 1.165) is 0 Å². The summed E-state index contributed by atoms with van der Waals surface area (Å²) in [6.07, 6.45) is 2.77. The molecule has 3 aromatic rings. The summed E-state index contributed by atoms with van der Waals surface area (Å²) in [5.41, 5.74) is 1.10. The number of nitrogens with one attached hydrogen (secondary N) is 1. The second kappa shape index (κ2) is 6.97. The molecule has 3 rings (SSSR count). The molecule has 0 aliphatic heterocycles. The molecule has 1 aromatic carbocycles. The number of halogens is 1. The number of hydrogen-bond donors (Lipinski definition) is 1. The van der Waals surface area contributed by atoms with Crippen LogP contribution in [-0.2, 0) is 0 Å². The van der Waals surface area contributed by atoms with Crippen molar-refractivity contribution in [2.24, 2.45) is 0 Å². The molecule has 0 fully saturated rings. The first kappa shape index (κ1) is 16.4. The summed E-state index contributed by atoms with van der Waals surface area (Å²) >= 11 is 0. The van der Waals surface area contributed by atoms with Crippen LogP contribution in [0.2, 0.25) is 0 Å². The highest BCUT2D eigenvalue weighted by atomic mass is 19.1. The number of aromatic nitrogens is 2. The van der Waals surface area contributed by atoms with Gasteiger partial charge in [0, 0.05) is 30.1 Å². The lowest BCUT2D eigenvalue weighted by atomic mass is 10.2. The van der Waals surface area contributed by atoms with Crippen molar-refractivity contribution >= 4 is 11.6 Å². The summed E-state index contributed by atoms with van der Waals surface area (Å²) in [6.45, 7) is 2.20. The molecule has 1 N–H and O–H groups in total. The van der Waals surface area contributed by atoms with Crippen LogP contribution < -0.4 is 10.9 Å². The van der Waals surface area contributed by atoms with Crippen LogP contribution >= 0.6 is 0 Å². The van der Waals surface area contributed by atoms with E-state index in [-0.39, 0.29) is 11.4 Å². The first-order valence-electron chi connectivity index (χ1n) is 7.65. The van der Waals surface area contributed by atoms with E-state index in [0.29, 0.717) is 23.3 Å². The average Bonchev–Trinajstić information content (AvgIpc) is 2.60. The molecule has 124 valence electrons. The van der Waals surface area contributed by atoms with E-state index in [1.54, 1.807) is 31.2 Å². The smallest absolute Gasteiger partial charge is 0.270 e. The van der Waals surface area contributed by atoms with E-state index < -0.39 is 11.5 Å². The zero-order valence-electron chi connectivity index (χ0n) is 13.4. The molecule has 0 saturated heterocycles. The number of hydrogen-bond acceptors (Lipinski definition) is 3. The zero-order chi connectivity index (χ0) is 17.8. The molecule has 1 amide bonds. The number of nitrogens with zero attached hydrogens (tertiary/aromatic N) is 2. The summed E-state index contributed by atoms with van der Waals surface area (Å²) in [5, 5.41) is 2.58. The van der Waals surface area contributed by atoms with Gasteiger partial charge in [0.2, 0.25) is 0 Å². The predicted molar refractivity (Wildman–Crippen MR) is 91.8 cm³/mol. The van der Waals surface area contributed by atoms with E-state index in [9.17, 15) is 14.0 Å². The molecular formula is C19H14FN3O2. The topological polar surface area (TPSA) is 63.5 Å². The standard InChI is InChI=1S/C19H14FN3O2/c1-2-21-18(24)16-12-22-17-11-14(8-9-23(17)19(16)25)7-6-13-4-3-5-15(20)10-13/h3-5,8-12H,2H2,1H3,(H,21,24). The maximum Gasteiger partial charge on any atom is 0.270 e. The maximum absolute atomic E-state index is 13.2. The van der Waals surface area contributed by atoms with Crippen molar-refractivity contribution in [2.75, 3.05) is 6.54 Å². The highest BCUT2D eigenvalue weighted by Crippen LogP contribution is 2.05. The molecule has 0 bridgehead atoms. The van der Waals surface area contributed by atoms with E-state index in [4.69, 9.17) is 0 Å². The van der Waals surface area contributed by atoms with Crippen molar-refractivity contribution in [1.82, 2.24) is 14.7 Å². The molecule has 5 nitrogen and oxygen atoms in total.